The minimum atomic E-state index is -1.52. The Morgan fingerprint density at radius 1 is 0.442 bits per heavy atom. The van der Waals surface area contributed by atoms with Crippen molar-refractivity contribution in [1.29, 1.82) is 0 Å². The molecule has 9 nitrogen and oxygen atoms in total. The van der Waals surface area contributed by atoms with Gasteiger partial charge >= 0.3 is 23.9 Å². The van der Waals surface area contributed by atoms with Crippen LogP contribution in [0.2, 0.25) is 0 Å². The molecule has 1 aliphatic heterocycles. The first-order valence-corrected chi connectivity index (χ1v) is 13.6. The number of carbonyl (C=O) groups is 4. The first-order chi connectivity index (χ1) is 20.9. The summed E-state index contributed by atoms with van der Waals surface area (Å²) in [7, 11) is 0. The average Bonchev–Trinajstić information content (AvgIpc) is 3.05. The van der Waals surface area contributed by atoms with Crippen molar-refractivity contribution in [2.45, 2.75) is 37.6 Å². The Bertz CT molecular complexity index is 1540. The average molecular weight is 581 g/mol. The molecule has 9 heteroatoms. The SMILES string of the molecule is CC1OC(OC(=O)c2ccccc2)C(OC(=O)c2ccccc2)[C@H](OC(=O)c2ccccc2)[C@H]1OC(=O)c1ccccc1. The molecule has 0 saturated carbocycles. The molecule has 1 fully saturated rings. The van der Waals surface area contributed by atoms with Gasteiger partial charge in [0.05, 0.1) is 28.4 Å². The van der Waals surface area contributed by atoms with Crippen LogP contribution in [0.3, 0.4) is 0 Å². The van der Waals surface area contributed by atoms with Gasteiger partial charge in [0.2, 0.25) is 12.4 Å². The molecule has 1 aliphatic rings. The molecule has 0 amide bonds. The zero-order valence-electron chi connectivity index (χ0n) is 23.1. The second kappa shape index (κ2) is 13.6. The Balaban J connectivity index is 1.51. The van der Waals surface area contributed by atoms with E-state index in [9.17, 15) is 19.2 Å². The molecule has 5 atom stereocenters. The molecular formula is C34H28O9. The molecule has 0 bridgehead atoms. The molecule has 5 rings (SSSR count). The lowest BCUT2D eigenvalue weighted by Crippen LogP contribution is -2.61. The number of hydrogen-bond acceptors (Lipinski definition) is 9. The fraction of sp³-hybridized carbons (Fsp3) is 0.176. The summed E-state index contributed by atoms with van der Waals surface area (Å²) in [5.74, 6) is -3.03. The standard InChI is InChI=1S/C34H28O9/c1-22-27(40-30(35)23-14-6-2-7-15-23)28(41-31(36)24-16-8-3-9-17-24)29(42-32(37)25-18-10-4-11-19-25)34(39-22)43-33(38)26-20-12-5-13-21-26/h2-22,27-29,34H,1H3/t22?,27-,28+,29?,34?/m0/s1. The minimum absolute atomic E-state index is 0.195. The maximum absolute atomic E-state index is 13.3. The Morgan fingerprint density at radius 2 is 0.744 bits per heavy atom. The smallest absolute Gasteiger partial charge is 0.340 e. The summed E-state index contributed by atoms with van der Waals surface area (Å²) < 4.78 is 29.2. The molecule has 1 heterocycles. The van der Waals surface area contributed by atoms with Crippen LogP contribution in [-0.2, 0) is 23.7 Å². The molecule has 0 aromatic heterocycles. The lowest BCUT2D eigenvalue weighted by Gasteiger charge is -2.43. The number of benzene rings is 4. The predicted octanol–water partition coefficient (Wildman–Crippen LogP) is 5.27. The van der Waals surface area contributed by atoms with Crippen LogP contribution in [0.4, 0.5) is 0 Å². The van der Waals surface area contributed by atoms with Crippen LogP contribution in [0.25, 0.3) is 0 Å². The van der Waals surface area contributed by atoms with Crippen molar-refractivity contribution in [3.8, 4) is 0 Å². The van der Waals surface area contributed by atoms with E-state index in [-0.39, 0.29) is 22.3 Å². The molecule has 0 aliphatic carbocycles. The van der Waals surface area contributed by atoms with Gasteiger partial charge in [-0.25, -0.2) is 19.2 Å². The van der Waals surface area contributed by atoms with E-state index in [4.69, 9.17) is 23.7 Å². The molecule has 0 spiro atoms. The van der Waals surface area contributed by atoms with Gasteiger partial charge in [-0.15, -0.1) is 0 Å². The van der Waals surface area contributed by atoms with Gasteiger partial charge in [0.1, 0.15) is 0 Å². The Labute approximate surface area is 247 Å². The normalized spacial score (nSPS) is 21.2. The van der Waals surface area contributed by atoms with Crippen molar-refractivity contribution in [1.82, 2.24) is 0 Å². The molecular weight excluding hydrogens is 552 g/mol. The fourth-order valence-corrected chi connectivity index (χ4v) is 4.54. The molecule has 4 aromatic rings. The van der Waals surface area contributed by atoms with E-state index in [0.29, 0.717) is 0 Å². The zero-order chi connectivity index (χ0) is 30.2. The zero-order valence-corrected chi connectivity index (χ0v) is 23.1. The van der Waals surface area contributed by atoms with Crippen LogP contribution in [0, 0.1) is 0 Å². The molecule has 0 N–H and O–H groups in total. The third kappa shape index (κ3) is 7.14. The lowest BCUT2D eigenvalue weighted by atomic mass is 9.98. The fourth-order valence-electron chi connectivity index (χ4n) is 4.54. The number of rotatable bonds is 8. The van der Waals surface area contributed by atoms with Crippen molar-refractivity contribution in [2.24, 2.45) is 0 Å². The van der Waals surface area contributed by atoms with Gasteiger partial charge in [-0.2, -0.15) is 0 Å². The number of esters is 4. The van der Waals surface area contributed by atoms with Crippen molar-refractivity contribution in [2.75, 3.05) is 0 Å². The highest BCUT2D eigenvalue weighted by Crippen LogP contribution is 2.31. The molecule has 3 unspecified atom stereocenters. The monoisotopic (exact) mass is 580 g/mol. The van der Waals surface area contributed by atoms with Crippen molar-refractivity contribution >= 4 is 23.9 Å². The first-order valence-electron chi connectivity index (χ1n) is 13.6. The summed E-state index contributed by atoms with van der Waals surface area (Å²) in [5.41, 5.74) is 0.876. The van der Waals surface area contributed by atoms with E-state index in [1.165, 1.54) is 12.1 Å². The summed E-state index contributed by atoms with van der Waals surface area (Å²) in [6, 6.07) is 32.7. The highest BCUT2D eigenvalue weighted by atomic mass is 16.7. The number of hydrogen-bond donors (Lipinski definition) is 0. The van der Waals surface area contributed by atoms with Gasteiger partial charge in [0.15, 0.2) is 12.2 Å². The van der Waals surface area contributed by atoms with E-state index in [1.54, 1.807) is 116 Å². The topological polar surface area (TPSA) is 114 Å². The summed E-state index contributed by atoms with van der Waals surface area (Å²) in [6.45, 7) is 1.57. The Hall–Kier alpha value is -5.28. The van der Waals surface area contributed by atoms with E-state index >= 15 is 0 Å². The third-order valence-corrected chi connectivity index (χ3v) is 6.72. The van der Waals surface area contributed by atoms with Gasteiger partial charge in [-0.3, -0.25) is 0 Å². The number of carbonyl (C=O) groups excluding carboxylic acids is 4. The first kappa shape index (κ1) is 29.2. The molecule has 0 radical (unpaired) electrons. The maximum Gasteiger partial charge on any atom is 0.340 e. The second-order valence-electron chi connectivity index (χ2n) is 9.69. The summed E-state index contributed by atoms with van der Waals surface area (Å²) >= 11 is 0. The van der Waals surface area contributed by atoms with E-state index in [2.05, 4.69) is 0 Å². The van der Waals surface area contributed by atoms with Gasteiger partial charge in [0, 0.05) is 0 Å². The minimum Gasteiger partial charge on any atom is -0.452 e. The van der Waals surface area contributed by atoms with Crippen LogP contribution in [0.15, 0.2) is 121 Å². The van der Waals surface area contributed by atoms with Crippen molar-refractivity contribution in [3.05, 3.63) is 144 Å². The summed E-state index contributed by atoms with van der Waals surface area (Å²) in [4.78, 5) is 52.8. The predicted molar refractivity (Wildman–Crippen MR) is 153 cm³/mol. The number of ether oxygens (including phenoxy) is 5. The van der Waals surface area contributed by atoms with E-state index in [1.807, 2.05) is 0 Å². The molecule has 1 saturated heterocycles. The molecule has 218 valence electrons. The quantitative estimate of drug-likeness (QED) is 0.203. The van der Waals surface area contributed by atoms with Crippen molar-refractivity contribution in [3.63, 3.8) is 0 Å². The van der Waals surface area contributed by atoms with Crippen LogP contribution in [0.5, 0.6) is 0 Å². The Kier molecular flexibility index (Phi) is 9.23. The van der Waals surface area contributed by atoms with Gasteiger partial charge in [-0.05, 0) is 55.5 Å². The largest absolute Gasteiger partial charge is 0.452 e. The maximum atomic E-state index is 13.3. The van der Waals surface area contributed by atoms with Gasteiger partial charge < -0.3 is 23.7 Å². The van der Waals surface area contributed by atoms with Crippen LogP contribution >= 0.6 is 0 Å². The molecule has 43 heavy (non-hydrogen) atoms. The van der Waals surface area contributed by atoms with Crippen LogP contribution in [-0.4, -0.2) is 54.6 Å². The summed E-state index contributed by atoms with van der Waals surface area (Å²) in [6.07, 6.45) is -6.67. The lowest BCUT2D eigenvalue weighted by molar-refractivity contribution is -0.274. The van der Waals surface area contributed by atoms with Crippen LogP contribution in [0.1, 0.15) is 48.4 Å². The van der Waals surface area contributed by atoms with Crippen LogP contribution < -0.4 is 0 Å². The second-order valence-corrected chi connectivity index (χ2v) is 9.69. The highest BCUT2D eigenvalue weighted by molar-refractivity contribution is 5.92. The van der Waals surface area contributed by atoms with Gasteiger partial charge in [0.25, 0.3) is 0 Å². The van der Waals surface area contributed by atoms with E-state index < -0.39 is 54.6 Å². The van der Waals surface area contributed by atoms with Crippen molar-refractivity contribution < 1.29 is 42.9 Å². The molecule has 4 aromatic carbocycles. The Morgan fingerprint density at radius 3 is 1.12 bits per heavy atom. The summed E-state index contributed by atoms with van der Waals surface area (Å²) in [5, 5.41) is 0. The van der Waals surface area contributed by atoms with E-state index in [0.717, 1.165) is 0 Å². The van der Waals surface area contributed by atoms with Gasteiger partial charge in [-0.1, -0.05) is 72.8 Å². The third-order valence-electron chi connectivity index (χ3n) is 6.72. The highest BCUT2D eigenvalue weighted by Gasteiger charge is 2.53.